The van der Waals surface area contributed by atoms with E-state index in [0.29, 0.717) is 11.7 Å². The minimum absolute atomic E-state index is 0.385. The van der Waals surface area contributed by atoms with Crippen LogP contribution in [0, 0.1) is 0 Å². The Morgan fingerprint density at radius 3 is 2.93 bits per heavy atom. The van der Waals surface area contributed by atoms with E-state index in [4.69, 9.17) is 5.73 Å². The molecule has 1 unspecified atom stereocenters. The van der Waals surface area contributed by atoms with E-state index in [1.165, 1.54) is 0 Å². The summed E-state index contributed by atoms with van der Waals surface area (Å²) in [5, 5.41) is 5.31. The molecule has 0 aliphatic rings. The van der Waals surface area contributed by atoms with Gasteiger partial charge in [0.1, 0.15) is 0 Å². The first-order valence-electron chi connectivity index (χ1n) is 4.80. The van der Waals surface area contributed by atoms with Gasteiger partial charge in [-0.15, -0.1) is 0 Å². The molecule has 2 aromatic rings. The number of aromatic nitrogens is 3. The van der Waals surface area contributed by atoms with Gasteiger partial charge in [0.2, 0.25) is 0 Å². The molecule has 1 atom stereocenters. The number of nitrogen functional groups attached to an aromatic ring is 1. The lowest BCUT2D eigenvalue weighted by atomic mass is 10.2. The highest BCUT2D eigenvalue weighted by Gasteiger charge is 2.09. The first-order chi connectivity index (χ1) is 6.74. The zero-order valence-corrected chi connectivity index (χ0v) is 8.44. The van der Waals surface area contributed by atoms with E-state index in [-0.39, 0.29) is 0 Å². The Bertz CT molecular complexity index is 446. The van der Waals surface area contributed by atoms with Gasteiger partial charge in [0.15, 0.2) is 0 Å². The number of nitrogens with zero attached hydrogens (tertiary/aromatic N) is 3. The Kier molecular flexibility index (Phi) is 2.11. The third-order valence-electron chi connectivity index (χ3n) is 2.56. The van der Waals surface area contributed by atoms with Crippen LogP contribution in [0.4, 0.5) is 5.69 Å². The Morgan fingerprint density at radius 2 is 2.21 bits per heavy atom. The first-order valence-corrected chi connectivity index (χ1v) is 4.80. The van der Waals surface area contributed by atoms with E-state index in [2.05, 4.69) is 23.9 Å². The summed E-state index contributed by atoms with van der Waals surface area (Å²) in [6.45, 7) is 4.27. The molecule has 0 aliphatic heterocycles. The standard InChI is InChI=1S/C10H14N4/c1-3-7(2)14-10-6-12-5-9(11)8(10)4-13-14/h4-7H,3,11H2,1-2H3. The SMILES string of the molecule is CCC(C)n1ncc2c(N)cncc21. The molecular weight excluding hydrogens is 176 g/mol. The highest BCUT2D eigenvalue weighted by molar-refractivity contribution is 5.88. The molecule has 0 aromatic carbocycles. The van der Waals surface area contributed by atoms with Crippen molar-refractivity contribution in [3.05, 3.63) is 18.6 Å². The van der Waals surface area contributed by atoms with Crippen LogP contribution in [-0.4, -0.2) is 14.8 Å². The van der Waals surface area contributed by atoms with Crippen molar-refractivity contribution in [1.82, 2.24) is 14.8 Å². The van der Waals surface area contributed by atoms with E-state index < -0.39 is 0 Å². The molecule has 0 saturated heterocycles. The smallest absolute Gasteiger partial charge is 0.0889 e. The lowest BCUT2D eigenvalue weighted by Gasteiger charge is -2.10. The largest absolute Gasteiger partial charge is 0.397 e. The number of fused-ring (bicyclic) bond motifs is 1. The Hall–Kier alpha value is -1.58. The molecule has 2 rings (SSSR count). The molecule has 2 N–H and O–H groups in total. The molecule has 14 heavy (non-hydrogen) atoms. The number of hydrogen-bond acceptors (Lipinski definition) is 3. The molecule has 0 fully saturated rings. The average molecular weight is 190 g/mol. The van der Waals surface area contributed by atoms with Gasteiger partial charge >= 0.3 is 0 Å². The van der Waals surface area contributed by atoms with Crippen LogP contribution < -0.4 is 5.73 Å². The average Bonchev–Trinajstić information content (AvgIpc) is 2.62. The maximum absolute atomic E-state index is 5.80. The van der Waals surface area contributed by atoms with Crippen LogP contribution in [0.2, 0.25) is 0 Å². The van der Waals surface area contributed by atoms with Gasteiger partial charge in [-0.2, -0.15) is 5.10 Å². The minimum Gasteiger partial charge on any atom is -0.397 e. The fraction of sp³-hybridized carbons (Fsp3) is 0.400. The van der Waals surface area contributed by atoms with Crippen molar-refractivity contribution >= 4 is 16.6 Å². The highest BCUT2D eigenvalue weighted by Crippen LogP contribution is 2.22. The van der Waals surface area contributed by atoms with Crippen LogP contribution in [0.1, 0.15) is 26.3 Å². The predicted octanol–water partition coefficient (Wildman–Crippen LogP) is 1.98. The molecule has 4 heteroatoms. The van der Waals surface area contributed by atoms with Crippen LogP contribution in [0.3, 0.4) is 0 Å². The van der Waals surface area contributed by atoms with Crippen LogP contribution in [-0.2, 0) is 0 Å². The summed E-state index contributed by atoms with van der Waals surface area (Å²) in [5.74, 6) is 0. The molecule has 2 aromatic heterocycles. The lowest BCUT2D eigenvalue weighted by molar-refractivity contribution is 0.493. The second-order valence-corrected chi connectivity index (χ2v) is 3.51. The summed E-state index contributed by atoms with van der Waals surface area (Å²) in [7, 11) is 0. The quantitative estimate of drug-likeness (QED) is 0.787. The molecular formula is C10H14N4. The maximum atomic E-state index is 5.80. The van der Waals surface area contributed by atoms with Crippen molar-refractivity contribution in [2.24, 2.45) is 0 Å². The van der Waals surface area contributed by atoms with Crippen LogP contribution in [0.25, 0.3) is 10.9 Å². The highest BCUT2D eigenvalue weighted by atomic mass is 15.3. The van der Waals surface area contributed by atoms with Gasteiger partial charge in [0.05, 0.1) is 29.8 Å². The van der Waals surface area contributed by atoms with Gasteiger partial charge in [-0.1, -0.05) is 6.92 Å². The third-order valence-corrected chi connectivity index (χ3v) is 2.56. The summed E-state index contributed by atoms with van der Waals surface area (Å²) < 4.78 is 1.97. The Morgan fingerprint density at radius 1 is 1.43 bits per heavy atom. The number of rotatable bonds is 2. The topological polar surface area (TPSA) is 56.7 Å². The molecule has 0 amide bonds. The molecule has 0 spiro atoms. The molecule has 0 aliphatic carbocycles. The molecule has 0 radical (unpaired) electrons. The number of nitrogens with two attached hydrogens (primary N) is 1. The van der Waals surface area contributed by atoms with E-state index in [0.717, 1.165) is 17.3 Å². The molecule has 0 saturated carbocycles. The van der Waals surface area contributed by atoms with Crippen LogP contribution in [0.5, 0.6) is 0 Å². The van der Waals surface area contributed by atoms with Gasteiger partial charge in [-0.3, -0.25) is 9.67 Å². The van der Waals surface area contributed by atoms with Gasteiger partial charge in [0.25, 0.3) is 0 Å². The lowest BCUT2D eigenvalue weighted by Crippen LogP contribution is -2.05. The number of hydrogen-bond donors (Lipinski definition) is 1. The van der Waals surface area contributed by atoms with E-state index >= 15 is 0 Å². The van der Waals surface area contributed by atoms with Gasteiger partial charge < -0.3 is 5.73 Å². The van der Waals surface area contributed by atoms with Crippen molar-refractivity contribution in [1.29, 1.82) is 0 Å². The Balaban J connectivity index is 2.63. The van der Waals surface area contributed by atoms with Gasteiger partial charge in [-0.25, -0.2) is 0 Å². The summed E-state index contributed by atoms with van der Waals surface area (Å²) in [6, 6.07) is 0.385. The van der Waals surface area contributed by atoms with E-state index in [1.54, 1.807) is 12.4 Å². The number of pyridine rings is 1. The second-order valence-electron chi connectivity index (χ2n) is 3.51. The Labute approximate surface area is 82.7 Å². The van der Waals surface area contributed by atoms with E-state index in [9.17, 15) is 0 Å². The predicted molar refractivity (Wildman–Crippen MR) is 56.9 cm³/mol. The maximum Gasteiger partial charge on any atom is 0.0889 e. The van der Waals surface area contributed by atoms with Gasteiger partial charge in [0, 0.05) is 11.4 Å². The third kappa shape index (κ3) is 1.23. The monoisotopic (exact) mass is 190 g/mol. The summed E-state index contributed by atoms with van der Waals surface area (Å²) in [6.07, 6.45) is 6.32. The first kappa shape index (κ1) is 8.99. The van der Waals surface area contributed by atoms with Crippen molar-refractivity contribution in [2.75, 3.05) is 5.73 Å². The number of anilines is 1. The van der Waals surface area contributed by atoms with Crippen LogP contribution >= 0.6 is 0 Å². The van der Waals surface area contributed by atoms with Crippen molar-refractivity contribution in [2.45, 2.75) is 26.3 Å². The summed E-state index contributed by atoms with van der Waals surface area (Å²) >= 11 is 0. The fourth-order valence-electron chi connectivity index (χ4n) is 1.50. The molecule has 4 nitrogen and oxygen atoms in total. The minimum atomic E-state index is 0.385. The molecule has 74 valence electrons. The zero-order valence-electron chi connectivity index (χ0n) is 8.44. The summed E-state index contributed by atoms with van der Waals surface area (Å²) in [4.78, 5) is 4.08. The molecule has 2 heterocycles. The zero-order chi connectivity index (χ0) is 10.1. The van der Waals surface area contributed by atoms with Crippen molar-refractivity contribution in [3.63, 3.8) is 0 Å². The summed E-state index contributed by atoms with van der Waals surface area (Å²) in [5.41, 5.74) is 7.50. The van der Waals surface area contributed by atoms with Crippen LogP contribution in [0.15, 0.2) is 18.6 Å². The normalized spacial score (nSPS) is 13.3. The van der Waals surface area contributed by atoms with E-state index in [1.807, 2.05) is 10.9 Å². The fourth-order valence-corrected chi connectivity index (χ4v) is 1.50. The van der Waals surface area contributed by atoms with Crippen molar-refractivity contribution in [3.8, 4) is 0 Å². The van der Waals surface area contributed by atoms with Gasteiger partial charge in [-0.05, 0) is 13.3 Å². The molecule has 0 bridgehead atoms. The van der Waals surface area contributed by atoms with Crippen molar-refractivity contribution < 1.29 is 0 Å². The second kappa shape index (κ2) is 3.29.